The number of hydrogen-bond acceptors (Lipinski definition) is 6. The molecule has 0 saturated heterocycles. The van der Waals surface area contributed by atoms with Crippen molar-refractivity contribution in [3.63, 3.8) is 0 Å². The average Bonchev–Trinajstić information content (AvgIpc) is 2.58. The molecule has 1 heterocycles. The molecule has 8 heteroatoms. The standard InChI is InChI=1S/C6H5N3O4S/c1-2-7-3(5(10)8-12)4(14-2)6(11)9-13/h1H3,(H2-2,8,9,10,11,12,13)/q-2. The van der Waals surface area contributed by atoms with E-state index in [4.69, 9.17) is 0 Å². The number of aromatic nitrogens is 1. The Morgan fingerprint density at radius 1 is 1.29 bits per heavy atom. The summed E-state index contributed by atoms with van der Waals surface area (Å²) >= 11 is 0.868. The zero-order valence-electron chi connectivity index (χ0n) is 6.99. The molecule has 7 nitrogen and oxygen atoms in total. The van der Waals surface area contributed by atoms with Crippen LogP contribution in [-0.4, -0.2) is 16.8 Å². The summed E-state index contributed by atoms with van der Waals surface area (Å²) in [4.78, 5) is 25.3. The molecule has 1 rings (SSSR count). The Balaban J connectivity index is 3.15. The number of nitrogens with zero attached hydrogens (tertiary/aromatic N) is 1. The Labute approximate surface area is 82.3 Å². The second-order valence-electron chi connectivity index (χ2n) is 2.27. The summed E-state index contributed by atoms with van der Waals surface area (Å²) < 4.78 is 0. The van der Waals surface area contributed by atoms with E-state index in [0.29, 0.717) is 5.01 Å². The number of rotatable bonds is 2. The number of hydroxylamine groups is 2. The fraction of sp³-hybridized carbons (Fsp3) is 0.167. The van der Waals surface area contributed by atoms with Gasteiger partial charge in [0, 0.05) is 0 Å². The van der Waals surface area contributed by atoms with Crippen LogP contribution in [0.3, 0.4) is 0 Å². The summed E-state index contributed by atoms with van der Waals surface area (Å²) in [6, 6.07) is 0. The van der Waals surface area contributed by atoms with E-state index in [9.17, 15) is 20.0 Å². The van der Waals surface area contributed by atoms with Gasteiger partial charge < -0.3 is 21.4 Å². The molecule has 0 radical (unpaired) electrons. The summed E-state index contributed by atoms with van der Waals surface area (Å²) in [5, 5.41) is 20.5. The molecule has 0 aliphatic heterocycles. The largest absolute Gasteiger partial charge is 0.759 e. The molecule has 0 aromatic carbocycles. The van der Waals surface area contributed by atoms with Gasteiger partial charge in [-0.25, -0.2) is 4.98 Å². The number of carbonyl (C=O) groups is 2. The Morgan fingerprint density at radius 2 is 1.86 bits per heavy atom. The molecule has 2 amide bonds. The molecule has 1 aromatic heterocycles. The first kappa shape index (κ1) is 10.6. The van der Waals surface area contributed by atoms with Crippen molar-refractivity contribution in [2.75, 3.05) is 0 Å². The molecular formula is C6H5N3O4S-2. The van der Waals surface area contributed by atoms with Gasteiger partial charge in [0.15, 0.2) is 5.69 Å². The van der Waals surface area contributed by atoms with E-state index in [1.54, 1.807) is 6.92 Å². The zero-order chi connectivity index (χ0) is 10.7. The average molecular weight is 215 g/mol. The lowest BCUT2D eigenvalue weighted by molar-refractivity contribution is 0.0936. The number of thiazole rings is 1. The lowest BCUT2D eigenvalue weighted by Crippen LogP contribution is -2.23. The van der Waals surface area contributed by atoms with Gasteiger partial charge in [-0.15, -0.1) is 11.3 Å². The van der Waals surface area contributed by atoms with Crippen LogP contribution >= 0.6 is 11.3 Å². The first-order valence-electron chi connectivity index (χ1n) is 3.42. The van der Waals surface area contributed by atoms with E-state index in [-0.39, 0.29) is 10.6 Å². The Bertz CT molecular complexity index is 342. The Morgan fingerprint density at radius 3 is 2.36 bits per heavy atom. The predicted molar refractivity (Wildman–Crippen MR) is 48.5 cm³/mol. The van der Waals surface area contributed by atoms with Gasteiger partial charge in [-0.05, 0) is 6.92 Å². The molecule has 0 aliphatic rings. The molecule has 0 spiro atoms. The van der Waals surface area contributed by atoms with Gasteiger partial charge >= 0.3 is 0 Å². The Kier molecular flexibility index (Phi) is 3.12. The molecule has 0 fully saturated rings. The van der Waals surface area contributed by atoms with Gasteiger partial charge in [-0.1, -0.05) is 0 Å². The van der Waals surface area contributed by atoms with Crippen molar-refractivity contribution in [1.29, 1.82) is 0 Å². The number of hydrogen-bond donors (Lipinski definition) is 2. The third-order valence-electron chi connectivity index (χ3n) is 1.34. The molecule has 2 N–H and O–H groups in total. The third-order valence-corrected chi connectivity index (χ3v) is 2.31. The monoisotopic (exact) mass is 215 g/mol. The third kappa shape index (κ3) is 1.87. The van der Waals surface area contributed by atoms with Gasteiger partial charge in [0.1, 0.15) is 4.88 Å². The quantitative estimate of drug-likeness (QED) is 0.668. The van der Waals surface area contributed by atoms with E-state index in [0.717, 1.165) is 22.3 Å². The summed E-state index contributed by atoms with van der Waals surface area (Å²) in [5.74, 6) is -2.01. The fourth-order valence-electron chi connectivity index (χ4n) is 0.830. The first-order valence-corrected chi connectivity index (χ1v) is 4.24. The van der Waals surface area contributed by atoms with Gasteiger partial charge in [0.2, 0.25) is 0 Å². The van der Waals surface area contributed by atoms with Crippen molar-refractivity contribution in [3.05, 3.63) is 26.0 Å². The summed E-state index contributed by atoms with van der Waals surface area (Å²) in [7, 11) is 0. The van der Waals surface area contributed by atoms with Crippen molar-refractivity contribution in [2.45, 2.75) is 6.92 Å². The maximum Gasteiger partial charge on any atom is 0.261 e. The topological polar surface area (TPSA) is 117 Å². The van der Waals surface area contributed by atoms with Crippen molar-refractivity contribution in [3.8, 4) is 0 Å². The summed E-state index contributed by atoms with van der Waals surface area (Å²) in [6.45, 7) is 1.55. The van der Waals surface area contributed by atoms with E-state index >= 15 is 0 Å². The smallest absolute Gasteiger partial charge is 0.261 e. The van der Waals surface area contributed by atoms with Crippen LogP contribution in [0.25, 0.3) is 0 Å². The molecule has 0 bridgehead atoms. The molecule has 0 unspecified atom stereocenters. The number of carbonyl (C=O) groups excluding carboxylic acids is 2. The zero-order valence-corrected chi connectivity index (χ0v) is 7.80. The van der Waals surface area contributed by atoms with E-state index in [2.05, 4.69) is 4.98 Å². The van der Waals surface area contributed by atoms with Crippen LogP contribution in [0.2, 0.25) is 0 Å². The Hall–Kier alpha value is -1.51. The van der Waals surface area contributed by atoms with Crippen LogP contribution in [0, 0.1) is 17.3 Å². The molecule has 0 saturated carbocycles. The van der Waals surface area contributed by atoms with Crippen LogP contribution in [0.5, 0.6) is 0 Å². The number of nitrogens with one attached hydrogen (secondary N) is 2. The van der Waals surface area contributed by atoms with Crippen molar-refractivity contribution in [1.82, 2.24) is 15.9 Å². The van der Waals surface area contributed by atoms with Crippen LogP contribution in [0.4, 0.5) is 0 Å². The van der Waals surface area contributed by atoms with E-state index < -0.39 is 11.8 Å². The van der Waals surface area contributed by atoms with Crippen LogP contribution in [-0.2, 0) is 0 Å². The van der Waals surface area contributed by atoms with Crippen LogP contribution in [0.15, 0.2) is 0 Å². The maximum absolute atomic E-state index is 10.9. The minimum absolute atomic E-state index is 0.161. The number of amides is 2. The highest BCUT2D eigenvalue weighted by molar-refractivity contribution is 7.14. The van der Waals surface area contributed by atoms with Gasteiger partial charge in [0.05, 0.1) is 5.01 Å². The highest BCUT2D eigenvalue weighted by Crippen LogP contribution is 2.17. The van der Waals surface area contributed by atoms with Gasteiger partial charge in [-0.2, -0.15) is 0 Å². The fourth-order valence-corrected chi connectivity index (χ4v) is 1.63. The first-order chi connectivity index (χ1) is 6.60. The van der Waals surface area contributed by atoms with Gasteiger partial charge in [0.25, 0.3) is 11.8 Å². The summed E-state index contributed by atoms with van der Waals surface area (Å²) in [5.41, 5.74) is 1.88. The second-order valence-corrected chi connectivity index (χ2v) is 3.48. The predicted octanol–water partition coefficient (Wildman–Crippen LogP) is -0.0933. The van der Waals surface area contributed by atoms with E-state index in [1.165, 1.54) is 0 Å². The molecule has 0 aliphatic carbocycles. The lowest BCUT2D eigenvalue weighted by atomic mass is 10.3. The highest BCUT2D eigenvalue weighted by atomic mass is 32.1. The molecule has 14 heavy (non-hydrogen) atoms. The molecule has 76 valence electrons. The number of aryl methyl sites for hydroxylation is 1. The van der Waals surface area contributed by atoms with Crippen molar-refractivity contribution >= 4 is 23.2 Å². The lowest BCUT2D eigenvalue weighted by Gasteiger charge is -2.08. The van der Waals surface area contributed by atoms with Crippen LogP contribution in [0.1, 0.15) is 25.2 Å². The van der Waals surface area contributed by atoms with Crippen LogP contribution < -0.4 is 11.0 Å². The molecule has 0 atom stereocenters. The SMILES string of the molecule is Cc1nc(C(=O)N[O-])c(C(=O)N[O-])s1. The van der Waals surface area contributed by atoms with Crippen molar-refractivity contribution < 1.29 is 9.59 Å². The molecule has 1 aromatic rings. The van der Waals surface area contributed by atoms with Crippen molar-refractivity contribution in [2.24, 2.45) is 0 Å². The minimum atomic E-state index is -1.03. The normalized spacial score (nSPS) is 9.64. The summed E-state index contributed by atoms with van der Waals surface area (Å²) in [6.07, 6.45) is 0. The highest BCUT2D eigenvalue weighted by Gasteiger charge is 2.18. The van der Waals surface area contributed by atoms with Gasteiger partial charge in [-0.3, -0.25) is 9.59 Å². The van der Waals surface area contributed by atoms with E-state index in [1.807, 2.05) is 0 Å². The minimum Gasteiger partial charge on any atom is -0.759 e. The second kappa shape index (κ2) is 4.13. The molecular weight excluding hydrogens is 210 g/mol. The maximum atomic E-state index is 10.9.